The van der Waals surface area contributed by atoms with Gasteiger partial charge in [0.25, 0.3) is 0 Å². The maximum absolute atomic E-state index is 14.7. The number of carboxylic acid groups (broad SMARTS) is 2. The number of hydrogen-bond acceptors (Lipinski definition) is 16. The molecule has 2 aromatic carbocycles. The van der Waals surface area contributed by atoms with Crippen molar-refractivity contribution in [2.75, 3.05) is 19.7 Å². The van der Waals surface area contributed by atoms with Gasteiger partial charge >= 0.3 is 11.9 Å². The highest BCUT2D eigenvalue weighted by Gasteiger charge is 2.38. The number of phenols is 1. The van der Waals surface area contributed by atoms with Crippen molar-refractivity contribution in [2.24, 2.45) is 40.9 Å². The summed E-state index contributed by atoms with van der Waals surface area (Å²) in [5.41, 5.74) is 18.4. The summed E-state index contributed by atoms with van der Waals surface area (Å²) in [6.07, 6.45) is 1.24. The van der Waals surface area contributed by atoms with Crippen LogP contribution in [0.5, 0.6) is 5.75 Å². The fourth-order valence-electron chi connectivity index (χ4n) is 9.07. The summed E-state index contributed by atoms with van der Waals surface area (Å²) in [6, 6.07) is 0.520. The smallest absolute Gasteiger partial charge is 0.326 e. The molecule has 0 aliphatic carbocycles. The number of nitrogens with one attached hydrogen (secondary N) is 9. The van der Waals surface area contributed by atoms with Gasteiger partial charge in [-0.2, -0.15) is 0 Å². The molecule has 0 aliphatic rings. The standard InChI is InChI=1S/C60H96N12O15/c1-9-35(7)49(71-53(79)41(21-15-17-29-62)64-52(78)42(26-27-46(75)76)65-56(82)45(32-73)68-57(83)47(33(3)4)69-51(77)40(63)20-14-16-28-61)59(85)67-43(30-37-18-12-11-13-19-37)54(80)66-44(31-38-22-24-39(74)25-23-38)55(81)70-48(34(5)6)58(84)72-50(60(86)87)36(8)10-2/h11-13,18-19,22-25,33-36,40-45,47-50,73-74H,9-10,14-17,20-21,26-32,61-63H2,1-8H3,(H,64,78)(H,65,82)(H,66,80)(H,67,85)(H,68,83)(H,69,77)(H,70,81)(H,71,79)(H,72,84)(H,75,76)(H,86,87)/t35-,36-,40-,41-,42-,43-,44-,45-,47-,48-,49-,50-/m0/s1. The predicted molar refractivity (Wildman–Crippen MR) is 323 cm³/mol. The van der Waals surface area contributed by atoms with Crippen LogP contribution in [0.1, 0.15) is 131 Å². The van der Waals surface area contributed by atoms with Gasteiger partial charge in [-0.15, -0.1) is 0 Å². The third-order valence-corrected chi connectivity index (χ3v) is 15.0. The first-order chi connectivity index (χ1) is 41.1. The molecular formula is C60H96N12O15. The molecule has 0 saturated carbocycles. The van der Waals surface area contributed by atoms with Crippen LogP contribution in [-0.2, 0) is 65.6 Å². The summed E-state index contributed by atoms with van der Waals surface area (Å²) >= 11 is 0. The molecule has 12 atom stereocenters. The zero-order valence-corrected chi connectivity index (χ0v) is 51.4. The highest BCUT2D eigenvalue weighted by Crippen LogP contribution is 2.17. The fraction of sp³-hybridized carbons (Fsp3) is 0.617. The first kappa shape index (κ1) is 75.3. The topological polar surface area (TPSA) is 455 Å². The number of rotatable bonds is 41. The number of hydrogen-bond donors (Lipinski definition) is 16. The van der Waals surface area contributed by atoms with Gasteiger partial charge in [-0.05, 0) is 98.5 Å². The minimum Gasteiger partial charge on any atom is -0.508 e. The van der Waals surface area contributed by atoms with Crippen LogP contribution in [0.15, 0.2) is 54.6 Å². The Bertz CT molecular complexity index is 2560. The summed E-state index contributed by atoms with van der Waals surface area (Å²) in [4.78, 5) is 150. The average molecular weight is 1230 g/mol. The Hall–Kier alpha value is -7.75. The zero-order chi connectivity index (χ0) is 65.5. The van der Waals surface area contributed by atoms with Crippen LogP contribution < -0.4 is 65.1 Å². The van der Waals surface area contributed by atoms with Gasteiger partial charge in [0.1, 0.15) is 60.1 Å². The summed E-state index contributed by atoms with van der Waals surface area (Å²) in [5, 5.41) is 63.2. The Labute approximate surface area is 509 Å². The molecule has 0 saturated heterocycles. The van der Waals surface area contributed by atoms with E-state index in [1.807, 2.05) is 0 Å². The van der Waals surface area contributed by atoms with E-state index in [0.717, 1.165) is 0 Å². The molecular weight excluding hydrogens is 1130 g/mol. The zero-order valence-electron chi connectivity index (χ0n) is 51.4. The normalized spacial score (nSPS) is 15.4. The van der Waals surface area contributed by atoms with Crippen LogP contribution in [0, 0.1) is 23.7 Å². The van der Waals surface area contributed by atoms with E-state index in [4.69, 9.17) is 17.2 Å². The van der Waals surface area contributed by atoms with Crippen molar-refractivity contribution in [1.29, 1.82) is 0 Å². The lowest BCUT2D eigenvalue weighted by molar-refractivity contribution is -0.144. The van der Waals surface area contributed by atoms with Crippen molar-refractivity contribution in [3.63, 3.8) is 0 Å². The van der Waals surface area contributed by atoms with E-state index in [2.05, 4.69) is 47.9 Å². The number of aromatic hydroxyl groups is 1. The first-order valence-electron chi connectivity index (χ1n) is 29.9. The molecule has 0 spiro atoms. The van der Waals surface area contributed by atoms with E-state index in [0.29, 0.717) is 49.8 Å². The summed E-state index contributed by atoms with van der Waals surface area (Å²) in [5.74, 6) is -12.8. The Kier molecular flexibility index (Phi) is 33.9. The van der Waals surface area contributed by atoms with E-state index in [9.17, 15) is 73.2 Å². The van der Waals surface area contributed by atoms with Crippen molar-refractivity contribution in [2.45, 2.75) is 193 Å². The molecule has 9 amide bonds. The third kappa shape index (κ3) is 26.4. The minimum absolute atomic E-state index is 0.0711. The predicted octanol–water partition coefficient (Wildman–Crippen LogP) is -0.528. The van der Waals surface area contributed by atoms with E-state index in [1.54, 1.807) is 85.7 Å². The fourth-order valence-corrected chi connectivity index (χ4v) is 9.07. The van der Waals surface area contributed by atoms with Gasteiger partial charge in [0.2, 0.25) is 53.2 Å². The second-order valence-corrected chi connectivity index (χ2v) is 22.7. The highest BCUT2D eigenvalue weighted by molar-refractivity contribution is 5.99. The number of carbonyl (C=O) groups excluding carboxylic acids is 9. The van der Waals surface area contributed by atoms with Crippen LogP contribution in [0.25, 0.3) is 0 Å². The summed E-state index contributed by atoms with van der Waals surface area (Å²) in [7, 11) is 0. The Balaban J connectivity index is 2.54. The lowest BCUT2D eigenvalue weighted by Gasteiger charge is -2.30. The van der Waals surface area contributed by atoms with Crippen molar-refractivity contribution in [3.05, 3.63) is 65.7 Å². The van der Waals surface area contributed by atoms with Crippen molar-refractivity contribution >= 4 is 65.1 Å². The second kappa shape index (κ2) is 39.1. The van der Waals surface area contributed by atoms with Crippen LogP contribution >= 0.6 is 0 Å². The number of carbonyl (C=O) groups is 11. The number of carboxylic acids is 2. The molecule has 19 N–H and O–H groups in total. The minimum atomic E-state index is -1.72. The molecule has 2 rings (SSSR count). The number of nitrogens with two attached hydrogens (primary N) is 3. The second-order valence-electron chi connectivity index (χ2n) is 22.7. The lowest BCUT2D eigenvalue weighted by atomic mass is 9.96. The summed E-state index contributed by atoms with van der Waals surface area (Å²) in [6.45, 7) is 13.0. The average Bonchev–Trinajstić information content (AvgIpc) is 2.84. The van der Waals surface area contributed by atoms with E-state index >= 15 is 0 Å². The van der Waals surface area contributed by atoms with E-state index < -0.39 is 169 Å². The Morgan fingerprint density at radius 1 is 0.437 bits per heavy atom. The number of aliphatic carboxylic acids is 2. The molecule has 486 valence electrons. The van der Waals surface area contributed by atoms with Gasteiger partial charge in [0.15, 0.2) is 0 Å². The van der Waals surface area contributed by atoms with Crippen LogP contribution in [0.3, 0.4) is 0 Å². The highest BCUT2D eigenvalue weighted by atomic mass is 16.4. The van der Waals surface area contributed by atoms with Crippen molar-refractivity contribution in [3.8, 4) is 5.75 Å². The monoisotopic (exact) mass is 1220 g/mol. The van der Waals surface area contributed by atoms with E-state index in [-0.39, 0.29) is 44.4 Å². The maximum atomic E-state index is 14.7. The Morgan fingerprint density at radius 3 is 1.31 bits per heavy atom. The number of aliphatic hydroxyl groups excluding tert-OH is 1. The van der Waals surface area contributed by atoms with Crippen molar-refractivity contribution < 1.29 is 73.2 Å². The quantitative estimate of drug-likeness (QED) is 0.0372. The molecule has 0 aliphatic heterocycles. The maximum Gasteiger partial charge on any atom is 0.326 e. The molecule has 0 fully saturated rings. The van der Waals surface area contributed by atoms with Crippen molar-refractivity contribution in [1.82, 2.24) is 47.9 Å². The van der Waals surface area contributed by atoms with Gasteiger partial charge < -0.3 is 85.5 Å². The molecule has 27 heteroatoms. The largest absolute Gasteiger partial charge is 0.508 e. The first-order valence-corrected chi connectivity index (χ1v) is 29.9. The molecule has 0 unspecified atom stereocenters. The van der Waals surface area contributed by atoms with Gasteiger partial charge in [-0.1, -0.05) is 117 Å². The summed E-state index contributed by atoms with van der Waals surface area (Å²) < 4.78 is 0. The number of unbranched alkanes of at least 4 members (excludes halogenated alkanes) is 2. The number of benzene rings is 2. The number of aliphatic hydroxyl groups is 1. The molecule has 87 heavy (non-hydrogen) atoms. The molecule has 0 aromatic heterocycles. The molecule has 27 nitrogen and oxygen atoms in total. The van der Waals surface area contributed by atoms with Gasteiger partial charge in [0.05, 0.1) is 12.6 Å². The van der Waals surface area contributed by atoms with Gasteiger partial charge in [0, 0.05) is 19.3 Å². The van der Waals surface area contributed by atoms with Crippen LogP contribution in [0.4, 0.5) is 0 Å². The number of amides is 9. The molecule has 0 heterocycles. The lowest BCUT2D eigenvalue weighted by Crippen LogP contribution is -2.62. The van der Waals surface area contributed by atoms with Crippen LogP contribution in [-0.4, -0.2) is 166 Å². The van der Waals surface area contributed by atoms with Gasteiger partial charge in [-0.3, -0.25) is 47.9 Å². The molecule has 2 aromatic rings. The van der Waals surface area contributed by atoms with Gasteiger partial charge in [-0.25, -0.2) is 4.79 Å². The number of phenolic OH excluding ortho intramolecular Hbond substituents is 1. The third-order valence-electron chi connectivity index (χ3n) is 15.0. The SMILES string of the molecule is CC[C@H](C)[C@H](NC(=O)[C@@H](NC(=O)[C@H](Cc1ccc(O)cc1)NC(=O)[C@H](Cc1ccccc1)NC(=O)[C@@H](NC(=O)[C@H](CCCCN)NC(=O)[C@H](CCC(=O)O)NC(=O)[C@H](CO)NC(=O)[C@@H](NC(=O)[C@@H](N)CCCCN)C(C)C)[C@@H](C)CC)C(C)C)C(=O)O. The molecule has 0 radical (unpaired) electrons. The Morgan fingerprint density at radius 2 is 0.816 bits per heavy atom. The van der Waals surface area contributed by atoms with Crippen LogP contribution in [0.2, 0.25) is 0 Å². The van der Waals surface area contributed by atoms with E-state index in [1.165, 1.54) is 24.3 Å². The molecule has 0 bridgehead atoms.